The molecule has 0 saturated carbocycles. The number of amides is 1. The normalized spacial score (nSPS) is 14.2. The summed E-state index contributed by atoms with van der Waals surface area (Å²) in [4.78, 5) is 26.2. The Morgan fingerprint density at radius 1 is 1.00 bits per heavy atom. The van der Waals surface area contributed by atoms with Crippen LogP contribution in [0.2, 0.25) is 0 Å². The van der Waals surface area contributed by atoms with Crippen molar-refractivity contribution >= 4 is 22.8 Å². The predicted molar refractivity (Wildman–Crippen MR) is 104 cm³/mol. The van der Waals surface area contributed by atoms with Crippen molar-refractivity contribution in [2.75, 3.05) is 31.1 Å². The Hall–Kier alpha value is -3.46. The minimum atomic E-state index is -0.0342. The van der Waals surface area contributed by atoms with Gasteiger partial charge in [-0.3, -0.25) is 4.79 Å². The zero-order valence-electron chi connectivity index (χ0n) is 15.1. The van der Waals surface area contributed by atoms with Crippen molar-refractivity contribution in [3.05, 3.63) is 65.4 Å². The van der Waals surface area contributed by atoms with Crippen LogP contribution in [0.25, 0.3) is 11.0 Å². The SMILES string of the molecule is Cc1nc2ccccc2nc1N1CCN(C(=O)c2cccc(C#N)c2)CC1. The maximum Gasteiger partial charge on any atom is 0.254 e. The van der Waals surface area contributed by atoms with Crippen molar-refractivity contribution in [1.29, 1.82) is 5.26 Å². The number of carbonyl (C=O) groups excluding carboxylic acids is 1. The first-order valence-corrected chi connectivity index (χ1v) is 8.93. The zero-order chi connectivity index (χ0) is 18.8. The van der Waals surface area contributed by atoms with Crippen molar-refractivity contribution in [2.45, 2.75) is 6.92 Å². The number of benzene rings is 2. The first-order chi connectivity index (χ1) is 13.2. The zero-order valence-corrected chi connectivity index (χ0v) is 15.1. The number of aryl methyl sites for hydroxylation is 1. The van der Waals surface area contributed by atoms with Gasteiger partial charge in [0.25, 0.3) is 5.91 Å². The van der Waals surface area contributed by atoms with Crippen LogP contribution in [0.15, 0.2) is 48.5 Å². The molecule has 6 heteroatoms. The van der Waals surface area contributed by atoms with Gasteiger partial charge < -0.3 is 9.80 Å². The van der Waals surface area contributed by atoms with Gasteiger partial charge in [-0.2, -0.15) is 5.26 Å². The summed E-state index contributed by atoms with van der Waals surface area (Å²) in [6, 6.07) is 16.8. The highest BCUT2D eigenvalue weighted by Gasteiger charge is 2.24. The lowest BCUT2D eigenvalue weighted by molar-refractivity contribution is 0.0746. The second kappa shape index (κ2) is 7.04. The number of hydrogen-bond acceptors (Lipinski definition) is 5. The summed E-state index contributed by atoms with van der Waals surface area (Å²) in [6.07, 6.45) is 0. The standard InChI is InChI=1S/C21H19N5O/c1-15-20(24-19-8-3-2-7-18(19)23-15)25-9-11-26(12-10-25)21(27)17-6-4-5-16(13-17)14-22/h2-8,13H,9-12H2,1H3. The summed E-state index contributed by atoms with van der Waals surface area (Å²) in [5.74, 6) is 0.848. The molecule has 1 fully saturated rings. The number of rotatable bonds is 2. The molecular formula is C21H19N5O. The van der Waals surface area contributed by atoms with Crippen LogP contribution in [-0.4, -0.2) is 47.0 Å². The van der Waals surface area contributed by atoms with Crippen molar-refractivity contribution in [3.8, 4) is 6.07 Å². The van der Waals surface area contributed by atoms with E-state index in [0.29, 0.717) is 37.3 Å². The van der Waals surface area contributed by atoms with Crippen LogP contribution in [0.1, 0.15) is 21.6 Å². The molecule has 0 aliphatic carbocycles. The van der Waals surface area contributed by atoms with Crippen LogP contribution in [0.5, 0.6) is 0 Å². The van der Waals surface area contributed by atoms with Crippen LogP contribution >= 0.6 is 0 Å². The van der Waals surface area contributed by atoms with Gasteiger partial charge >= 0.3 is 0 Å². The molecule has 0 N–H and O–H groups in total. The lowest BCUT2D eigenvalue weighted by atomic mass is 10.1. The average molecular weight is 357 g/mol. The first-order valence-electron chi connectivity index (χ1n) is 8.93. The molecule has 6 nitrogen and oxygen atoms in total. The van der Waals surface area contributed by atoms with Crippen LogP contribution < -0.4 is 4.90 Å². The maximum absolute atomic E-state index is 12.7. The van der Waals surface area contributed by atoms with Crippen LogP contribution in [-0.2, 0) is 0 Å². The second-order valence-corrected chi connectivity index (χ2v) is 6.59. The van der Waals surface area contributed by atoms with E-state index in [1.165, 1.54) is 0 Å². The average Bonchev–Trinajstić information content (AvgIpc) is 2.73. The highest BCUT2D eigenvalue weighted by atomic mass is 16.2. The lowest BCUT2D eigenvalue weighted by Gasteiger charge is -2.36. The summed E-state index contributed by atoms with van der Waals surface area (Å²) < 4.78 is 0. The predicted octanol–water partition coefficient (Wildman–Crippen LogP) is 2.77. The highest BCUT2D eigenvalue weighted by molar-refractivity contribution is 5.94. The topological polar surface area (TPSA) is 73.1 Å². The molecular weight excluding hydrogens is 338 g/mol. The molecule has 134 valence electrons. The van der Waals surface area contributed by atoms with E-state index in [1.54, 1.807) is 24.3 Å². The fourth-order valence-corrected chi connectivity index (χ4v) is 3.40. The highest BCUT2D eigenvalue weighted by Crippen LogP contribution is 2.21. The van der Waals surface area contributed by atoms with Crippen molar-refractivity contribution in [2.24, 2.45) is 0 Å². The van der Waals surface area contributed by atoms with E-state index >= 15 is 0 Å². The molecule has 1 saturated heterocycles. The van der Waals surface area contributed by atoms with E-state index in [4.69, 9.17) is 10.2 Å². The van der Waals surface area contributed by atoms with Gasteiger partial charge in [-0.15, -0.1) is 0 Å². The molecule has 27 heavy (non-hydrogen) atoms. The molecule has 1 aromatic heterocycles. The molecule has 1 amide bonds. The van der Waals surface area contributed by atoms with Gasteiger partial charge in [-0.25, -0.2) is 9.97 Å². The van der Waals surface area contributed by atoms with Crippen molar-refractivity contribution in [3.63, 3.8) is 0 Å². The first kappa shape index (κ1) is 17.0. The number of nitrogens with zero attached hydrogens (tertiary/aromatic N) is 5. The summed E-state index contributed by atoms with van der Waals surface area (Å²) in [6.45, 7) is 4.61. The summed E-state index contributed by atoms with van der Waals surface area (Å²) >= 11 is 0. The van der Waals surface area contributed by atoms with Gasteiger partial charge in [0.1, 0.15) is 0 Å². The van der Waals surface area contributed by atoms with E-state index in [-0.39, 0.29) is 5.91 Å². The minimum Gasteiger partial charge on any atom is -0.352 e. The Balaban J connectivity index is 1.50. The number of carbonyl (C=O) groups is 1. The van der Waals surface area contributed by atoms with E-state index in [0.717, 1.165) is 22.5 Å². The Bertz CT molecular complexity index is 1050. The Morgan fingerprint density at radius 3 is 2.41 bits per heavy atom. The van der Waals surface area contributed by atoms with E-state index in [9.17, 15) is 4.79 Å². The van der Waals surface area contributed by atoms with Crippen molar-refractivity contribution in [1.82, 2.24) is 14.9 Å². The minimum absolute atomic E-state index is 0.0342. The summed E-state index contributed by atoms with van der Waals surface area (Å²) in [7, 11) is 0. The molecule has 2 aromatic carbocycles. The Kier molecular flexibility index (Phi) is 4.43. The van der Waals surface area contributed by atoms with Crippen molar-refractivity contribution < 1.29 is 4.79 Å². The number of aromatic nitrogens is 2. The fraction of sp³-hybridized carbons (Fsp3) is 0.238. The fourth-order valence-electron chi connectivity index (χ4n) is 3.40. The number of para-hydroxylation sites is 2. The molecule has 0 radical (unpaired) electrons. The molecule has 1 aliphatic heterocycles. The smallest absolute Gasteiger partial charge is 0.254 e. The molecule has 0 unspecified atom stereocenters. The number of anilines is 1. The van der Waals surface area contributed by atoms with Gasteiger partial charge in [0.2, 0.25) is 0 Å². The summed E-state index contributed by atoms with van der Waals surface area (Å²) in [5, 5.41) is 9.02. The third-order valence-electron chi connectivity index (χ3n) is 4.82. The van der Waals surface area contributed by atoms with Crippen LogP contribution in [0.4, 0.5) is 5.82 Å². The number of piperazine rings is 1. The molecule has 0 spiro atoms. The second-order valence-electron chi connectivity index (χ2n) is 6.59. The third kappa shape index (κ3) is 3.32. The quantitative estimate of drug-likeness (QED) is 0.705. The van der Waals surface area contributed by atoms with E-state index < -0.39 is 0 Å². The largest absolute Gasteiger partial charge is 0.352 e. The lowest BCUT2D eigenvalue weighted by Crippen LogP contribution is -2.49. The number of nitriles is 1. The van der Waals surface area contributed by atoms with Gasteiger partial charge in [0.15, 0.2) is 5.82 Å². The Morgan fingerprint density at radius 2 is 1.70 bits per heavy atom. The van der Waals surface area contributed by atoms with Gasteiger partial charge in [-0.1, -0.05) is 18.2 Å². The monoisotopic (exact) mass is 357 g/mol. The van der Waals surface area contributed by atoms with Gasteiger partial charge in [0, 0.05) is 31.7 Å². The van der Waals surface area contributed by atoms with Gasteiger partial charge in [0.05, 0.1) is 28.4 Å². The number of hydrogen-bond donors (Lipinski definition) is 0. The van der Waals surface area contributed by atoms with E-state index in [1.807, 2.05) is 36.1 Å². The third-order valence-corrected chi connectivity index (χ3v) is 4.82. The maximum atomic E-state index is 12.7. The van der Waals surface area contributed by atoms with E-state index in [2.05, 4.69) is 16.0 Å². The summed E-state index contributed by atoms with van der Waals surface area (Å²) in [5.41, 5.74) is 3.73. The molecule has 3 aromatic rings. The molecule has 2 heterocycles. The van der Waals surface area contributed by atoms with Gasteiger partial charge in [-0.05, 0) is 37.3 Å². The molecule has 1 aliphatic rings. The van der Waals surface area contributed by atoms with Crippen LogP contribution in [0.3, 0.4) is 0 Å². The molecule has 0 atom stereocenters. The Labute approximate surface area is 157 Å². The molecule has 0 bridgehead atoms. The molecule has 4 rings (SSSR count). The van der Waals surface area contributed by atoms with Crippen LogP contribution in [0, 0.1) is 18.3 Å². The number of fused-ring (bicyclic) bond motifs is 1.